The van der Waals surface area contributed by atoms with Gasteiger partial charge in [0.05, 0.1) is 11.6 Å². The second kappa shape index (κ2) is 8.90. The van der Waals surface area contributed by atoms with Gasteiger partial charge in [-0.1, -0.05) is 54.5 Å². The standard InChI is InChI=1S/C23H26N2O4/c1-14(22-15(2)25-29-16(22)3)11-21(26)24-13-19(23(27)28)12-18-9-6-8-17-7-4-5-10-20(17)18/h4-10,14,19H,11-13H2,1-3H3,(H,24,26)(H,27,28). The normalized spacial score (nSPS) is 13.2. The van der Waals surface area contributed by atoms with Crippen LogP contribution in [0.1, 0.15) is 41.8 Å². The first-order valence-corrected chi connectivity index (χ1v) is 9.75. The first-order chi connectivity index (χ1) is 13.9. The van der Waals surface area contributed by atoms with E-state index < -0.39 is 11.9 Å². The molecule has 1 amide bonds. The highest BCUT2D eigenvalue weighted by atomic mass is 16.5. The Labute approximate surface area is 169 Å². The van der Waals surface area contributed by atoms with Gasteiger partial charge >= 0.3 is 5.97 Å². The average Bonchev–Trinajstić information content (AvgIpc) is 3.03. The first kappa shape index (κ1) is 20.6. The third-order valence-corrected chi connectivity index (χ3v) is 5.31. The Kier molecular flexibility index (Phi) is 6.32. The van der Waals surface area contributed by atoms with Crippen LogP contribution in [0.25, 0.3) is 10.8 Å². The Hall–Kier alpha value is -3.15. The largest absolute Gasteiger partial charge is 0.481 e. The van der Waals surface area contributed by atoms with Crippen molar-refractivity contribution in [1.29, 1.82) is 0 Å². The molecule has 0 aliphatic carbocycles. The van der Waals surface area contributed by atoms with E-state index in [4.69, 9.17) is 4.52 Å². The molecule has 0 radical (unpaired) electrons. The van der Waals surface area contributed by atoms with Gasteiger partial charge in [-0.25, -0.2) is 0 Å². The van der Waals surface area contributed by atoms with Gasteiger partial charge < -0.3 is 14.9 Å². The molecular formula is C23H26N2O4. The number of rotatable bonds is 8. The molecule has 0 aliphatic rings. The molecule has 2 aromatic carbocycles. The minimum absolute atomic E-state index is 0.0532. The van der Waals surface area contributed by atoms with Crippen molar-refractivity contribution in [3.63, 3.8) is 0 Å². The van der Waals surface area contributed by atoms with Crippen LogP contribution in [0.3, 0.4) is 0 Å². The monoisotopic (exact) mass is 394 g/mol. The number of carboxylic acid groups (broad SMARTS) is 1. The fourth-order valence-electron chi connectivity index (χ4n) is 3.87. The summed E-state index contributed by atoms with van der Waals surface area (Å²) in [5.74, 6) is -1.14. The fraction of sp³-hybridized carbons (Fsp3) is 0.348. The van der Waals surface area contributed by atoms with E-state index in [1.807, 2.05) is 63.2 Å². The molecular weight excluding hydrogens is 368 g/mol. The van der Waals surface area contributed by atoms with Crippen LogP contribution >= 0.6 is 0 Å². The average molecular weight is 394 g/mol. The summed E-state index contributed by atoms with van der Waals surface area (Å²) in [6.45, 7) is 5.71. The van der Waals surface area contributed by atoms with Crippen LogP contribution in [0, 0.1) is 19.8 Å². The molecule has 1 aromatic heterocycles. The summed E-state index contributed by atoms with van der Waals surface area (Å²) in [7, 11) is 0. The molecule has 2 N–H and O–H groups in total. The maximum Gasteiger partial charge on any atom is 0.308 e. The van der Waals surface area contributed by atoms with Gasteiger partial charge in [-0.3, -0.25) is 9.59 Å². The van der Waals surface area contributed by atoms with E-state index >= 15 is 0 Å². The van der Waals surface area contributed by atoms with E-state index in [0.717, 1.165) is 27.6 Å². The summed E-state index contributed by atoms with van der Waals surface area (Å²) in [5.41, 5.74) is 2.68. The predicted octanol–water partition coefficient (Wildman–Crippen LogP) is 4.00. The Morgan fingerprint density at radius 3 is 2.55 bits per heavy atom. The molecule has 2 unspecified atom stereocenters. The molecule has 0 aliphatic heterocycles. The number of hydrogen-bond donors (Lipinski definition) is 2. The zero-order valence-electron chi connectivity index (χ0n) is 16.9. The van der Waals surface area contributed by atoms with Crippen LogP contribution in [0.2, 0.25) is 0 Å². The Balaban J connectivity index is 1.63. The molecule has 1 heterocycles. The number of hydrogen-bond acceptors (Lipinski definition) is 4. The lowest BCUT2D eigenvalue weighted by Crippen LogP contribution is -2.34. The van der Waals surface area contributed by atoms with Gasteiger partial charge in [-0.2, -0.15) is 0 Å². The predicted molar refractivity (Wildman–Crippen MR) is 111 cm³/mol. The summed E-state index contributed by atoms with van der Waals surface area (Å²) < 4.78 is 5.17. The molecule has 0 saturated heterocycles. The maximum atomic E-state index is 12.4. The third-order valence-electron chi connectivity index (χ3n) is 5.31. The Bertz CT molecular complexity index is 1000. The van der Waals surface area contributed by atoms with Crippen molar-refractivity contribution < 1.29 is 19.2 Å². The molecule has 3 aromatic rings. The van der Waals surface area contributed by atoms with Crippen molar-refractivity contribution in [3.05, 3.63) is 65.0 Å². The van der Waals surface area contributed by atoms with Crippen molar-refractivity contribution in [2.45, 2.75) is 39.5 Å². The number of nitrogens with zero attached hydrogens (tertiary/aromatic N) is 1. The number of aliphatic carboxylic acids is 1. The molecule has 0 saturated carbocycles. The van der Waals surface area contributed by atoms with Crippen molar-refractivity contribution in [2.24, 2.45) is 5.92 Å². The Morgan fingerprint density at radius 1 is 1.14 bits per heavy atom. The number of aryl methyl sites for hydroxylation is 2. The maximum absolute atomic E-state index is 12.4. The second-order valence-electron chi connectivity index (χ2n) is 7.52. The van der Waals surface area contributed by atoms with E-state index in [9.17, 15) is 14.7 Å². The summed E-state index contributed by atoms with van der Waals surface area (Å²) in [4.78, 5) is 24.2. The van der Waals surface area contributed by atoms with Crippen LogP contribution in [0.5, 0.6) is 0 Å². The van der Waals surface area contributed by atoms with E-state index in [1.54, 1.807) is 0 Å². The molecule has 6 nitrogen and oxygen atoms in total. The Morgan fingerprint density at radius 2 is 1.86 bits per heavy atom. The molecule has 0 bridgehead atoms. The fourth-order valence-corrected chi connectivity index (χ4v) is 3.87. The van der Waals surface area contributed by atoms with Crippen LogP contribution in [0.15, 0.2) is 47.0 Å². The van der Waals surface area contributed by atoms with Crippen LogP contribution in [-0.2, 0) is 16.0 Å². The summed E-state index contributed by atoms with van der Waals surface area (Å²) >= 11 is 0. The molecule has 152 valence electrons. The molecule has 2 atom stereocenters. The number of nitrogens with one attached hydrogen (secondary N) is 1. The van der Waals surface area contributed by atoms with Crippen molar-refractivity contribution >= 4 is 22.6 Å². The highest BCUT2D eigenvalue weighted by molar-refractivity contribution is 5.86. The van der Waals surface area contributed by atoms with Crippen molar-refractivity contribution in [1.82, 2.24) is 10.5 Å². The molecule has 0 fully saturated rings. The van der Waals surface area contributed by atoms with Gasteiger partial charge in [0.25, 0.3) is 0 Å². The summed E-state index contributed by atoms with van der Waals surface area (Å²) in [5, 5.41) is 18.5. The highest BCUT2D eigenvalue weighted by Gasteiger charge is 2.22. The summed E-state index contributed by atoms with van der Waals surface area (Å²) in [6, 6.07) is 13.8. The van der Waals surface area contributed by atoms with E-state index in [-0.39, 0.29) is 24.8 Å². The van der Waals surface area contributed by atoms with Gasteiger partial charge in [0.2, 0.25) is 5.91 Å². The quantitative estimate of drug-likeness (QED) is 0.602. The molecule has 3 rings (SSSR count). The van der Waals surface area contributed by atoms with Gasteiger partial charge in [-0.05, 0) is 42.5 Å². The van der Waals surface area contributed by atoms with Gasteiger partial charge in [0.1, 0.15) is 5.76 Å². The van der Waals surface area contributed by atoms with E-state index in [1.165, 1.54) is 0 Å². The lowest BCUT2D eigenvalue weighted by atomic mass is 9.94. The van der Waals surface area contributed by atoms with E-state index in [2.05, 4.69) is 10.5 Å². The smallest absolute Gasteiger partial charge is 0.308 e. The van der Waals surface area contributed by atoms with Crippen molar-refractivity contribution in [2.75, 3.05) is 6.54 Å². The van der Waals surface area contributed by atoms with Crippen molar-refractivity contribution in [3.8, 4) is 0 Å². The van der Waals surface area contributed by atoms with Crippen LogP contribution < -0.4 is 5.32 Å². The lowest BCUT2D eigenvalue weighted by molar-refractivity contribution is -0.141. The second-order valence-corrected chi connectivity index (χ2v) is 7.52. The topological polar surface area (TPSA) is 92.4 Å². The lowest BCUT2D eigenvalue weighted by Gasteiger charge is -2.16. The summed E-state index contributed by atoms with van der Waals surface area (Å²) in [6.07, 6.45) is 0.611. The zero-order valence-corrected chi connectivity index (χ0v) is 16.9. The minimum Gasteiger partial charge on any atom is -0.481 e. The SMILES string of the molecule is Cc1noc(C)c1C(C)CC(=O)NCC(Cc1cccc2ccccc12)C(=O)O. The first-order valence-electron chi connectivity index (χ1n) is 9.75. The molecule has 6 heteroatoms. The number of aromatic nitrogens is 1. The highest BCUT2D eigenvalue weighted by Crippen LogP contribution is 2.26. The van der Waals surface area contributed by atoms with Gasteiger partial charge in [0, 0.05) is 18.5 Å². The number of fused-ring (bicyclic) bond motifs is 1. The number of benzene rings is 2. The molecule has 0 spiro atoms. The number of amides is 1. The number of carbonyl (C=O) groups excluding carboxylic acids is 1. The third kappa shape index (κ3) is 4.83. The number of carbonyl (C=O) groups is 2. The number of carboxylic acids is 1. The van der Waals surface area contributed by atoms with Gasteiger partial charge in [0.15, 0.2) is 0 Å². The zero-order chi connectivity index (χ0) is 21.0. The van der Waals surface area contributed by atoms with Crippen LogP contribution in [-0.4, -0.2) is 28.7 Å². The van der Waals surface area contributed by atoms with Crippen LogP contribution in [0.4, 0.5) is 0 Å². The molecule has 29 heavy (non-hydrogen) atoms. The van der Waals surface area contributed by atoms with Gasteiger partial charge in [-0.15, -0.1) is 0 Å². The minimum atomic E-state index is -0.919. The van der Waals surface area contributed by atoms with E-state index in [0.29, 0.717) is 12.2 Å².